The van der Waals surface area contributed by atoms with Crippen molar-refractivity contribution in [3.8, 4) is 5.75 Å². The largest absolute Gasteiger partial charge is 0.491 e. The van der Waals surface area contributed by atoms with Crippen molar-refractivity contribution < 1.29 is 13.5 Å². The number of nitrogens with one attached hydrogen (secondary N) is 1. The Kier molecular flexibility index (Phi) is 5.28. The maximum atomic E-state index is 13.2. The zero-order valence-corrected chi connectivity index (χ0v) is 13.8. The van der Waals surface area contributed by atoms with Crippen LogP contribution in [0, 0.1) is 11.6 Å². The van der Waals surface area contributed by atoms with Crippen molar-refractivity contribution in [2.45, 2.75) is 19.5 Å². The number of anilines is 1. The van der Waals surface area contributed by atoms with E-state index in [1.54, 1.807) is 6.20 Å². The lowest BCUT2D eigenvalue weighted by molar-refractivity contribution is 0.301. The van der Waals surface area contributed by atoms with Crippen LogP contribution in [-0.2, 0) is 6.54 Å². The third-order valence-electron chi connectivity index (χ3n) is 3.63. The van der Waals surface area contributed by atoms with E-state index in [0.717, 1.165) is 23.4 Å². The summed E-state index contributed by atoms with van der Waals surface area (Å²) in [6.07, 6.45) is 3.66. The van der Waals surface area contributed by atoms with E-state index in [4.69, 9.17) is 4.74 Å². The Bertz CT molecular complexity index is 821. The summed E-state index contributed by atoms with van der Waals surface area (Å²) in [6.45, 7) is 2.98. The molecule has 0 saturated carbocycles. The highest BCUT2D eigenvalue weighted by atomic mass is 19.2. The highest BCUT2D eigenvalue weighted by Crippen LogP contribution is 2.17. The topological polar surface area (TPSA) is 39.1 Å². The average Bonchev–Trinajstić information content (AvgIpc) is 3.09. The standard InChI is InChI=1S/C19H19F2N3O/c1-14(13-25-17-6-7-18(20)19(21)11-17)23-16-5-2-4-15(10-16)12-24-9-3-8-22-24/h2-11,14,23H,12-13H2,1H3/t14-/m0/s1. The number of ether oxygens (including phenoxy) is 1. The van der Waals surface area contributed by atoms with Crippen LogP contribution >= 0.6 is 0 Å². The molecule has 3 aromatic rings. The molecule has 3 rings (SSSR count). The monoisotopic (exact) mass is 343 g/mol. The zero-order chi connectivity index (χ0) is 17.6. The molecule has 0 bridgehead atoms. The summed E-state index contributed by atoms with van der Waals surface area (Å²) >= 11 is 0. The Morgan fingerprint density at radius 2 is 2.00 bits per heavy atom. The SMILES string of the molecule is C[C@@H](COc1ccc(F)c(F)c1)Nc1cccc(Cn2cccn2)c1. The highest BCUT2D eigenvalue weighted by molar-refractivity contribution is 5.46. The maximum absolute atomic E-state index is 13.2. The van der Waals surface area contributed by atoms with Crippen molar-refractivity contribution in [2.24, 2.45) is 0 Å². The Labute approximate surface area is 145 Å². The molecular weight excluding hydrogens is 324 g/mol. The molecule has 4 nitrogen and oxygen atoms in total. The van der Waals surface area contributed by atoms with Crippen LogP contribution in [0.1, 0.15) is 12.5 Å². The van der Waals surface area contributed by atoms with E-state index in [0.29, 0.717) is 18.9 Å². The zero-order valence-electron chi connectivity index (χ0n) is 13.8. The summed E-state index contributed by atoms with van der Waals surface area (Å²) in [4.78, 5) is 0. The molecule has 130 valence electrons. The first-order valence-electron chi connectivity index (χ1n) is 8.01. The summed E-state index contributed by atoms with van der Waals surface area (Å²) in [5, 5.41) is 7.53. The molecule has 25 heavy (non-hydrogen) atoms. The van der Waals surface area contributed by atoms with E-state index < -0.39 is 11.6 Å². The quantitative estimate of drug-likeness (QED) is 0.702. The first kappa shape index (κ1) is 17.0. The van der Waals surface area contributed by atoms with Gasteiger partial charge in [-0.1, -0.05) is 12.1 Å². The second kappa shape index (κ2) is 7.79. The highest BCUT2D eigenvalue weighted by Gasteiger charge is 2.07. The van der Waals surface area contributed by atoms with Crippen LogP contribution in [0.15, 0.2) is 60.9 Å². The fourth-order valence-corrected chi connectivity index (χ4v) is 2.45. The summed E-state index contributed by atoms with van der Waals surface area (Å²) in [7, 11) is 0. The average molecular weight is 343 g/mol. The van der Waals surface area contributed by atoms with Crippen molar-refractivity contribution in [3.05, 3.63) is 78.1 Å². The third kappa shape index (κ3) is 4.79. The molecule has 0 radical (unpaired) electrons. The van der Waals surface area contributed by atoms with Crippen LogP contribution < -0.4 is 10.1 Å². The van der Waals surface area contributed by atoms with Gasteiger partial charge in [-0.25, -0.2) is 8.78 Å². The van der Waals surface area contributed by atoms with Gasteiger partial charge in [-0.05, 0) is 42.8 Å². The molecule has 0 aliphatic carbocycles. The van der Waals surface area contributed by atoms with Crippen LogP contribution in [0.2, 0.25) is 0 Å². The number of aromatic nitrogens is 2. The number of nitrogens with zero attached hydrogens (tertiary/aromatic N) is 2. The molecule has 1 heterocycles. The first-order valence-corrected chi connectivity index (χ1v) is 8.01. The smallest absolute Gasteiger partial charge is 0.162 e. The number of hydrogen-bond donors (Lipinski definition) is 1. The summed E-state index contributed by atoms with van der Waals surface area (Å²) in [5.41, 5.74) is 2.09. The summed E-state index contributed by atoms with van der Waals surface area (Å²) in [5.74, 6) is -1.49. The summed E-state index contributed by atoms with van der Waals surface area (Å²) in [6, 6.07) is 13.4. The van der Waals surface area contributed by atoms with Gasteiger partial charge in [-0.3, -0.25) is 4.68 Å². The Balaban J connectivity index is 1.55. The molecule has 0 aliphatic rings. The second-order valence-corrected chi connectivity index (χ2v) is 5.84. The van der Waals surface area contributed by atoms with Crippen LogP contribution in [0.25, 0.3) is 0 Å². The van der Waals surface area contributed by atoms with Crippen LogP contribution in [0.5, 0.6) is 5.75 Å². The molecule has 0 aliphatic heterocycles. The third-order valence-corrected chi connectivity index (χ3v) is 3.63. The van der Waals surface area contributed by atoms with Gasteiger partial charge in [-0.15, -0.1) is 0 Å². The van der Waals surface area contributed by atoms with E-state index in [2.05, 4.69) is 16.5 Å². The van der Waals surface area contributed by atoms with E-state index in [1.165, 1.54) is 6.07 Å². The second-order valence-electron chi connectivity index (χ2n) is 5.84. The van der Waals surface area contributed by atoms with Crippen LogP contribution in [0.4, 0.5) is 14.5 Å². The Morgan fingerprint density at radius 1 is 1.12 bits per heavy atom. The lowest BCUT2D eigenvalue weighted by Crippen LogP contribution is -2.23. The van der Waals surface area contributed by atoms with Gasteiger partial charge < -0.3 is 10.1 Å². The molecule has 6 heteroatoms. The van der Waals surface area contributed by atoms with Crippen molar-refractivity contribution in [3.63, 3.8) is 0 Å². The van der Waals surface area contributed by atoms with Crippen molar-refractivity contribution in [2.75, 3.05) is 11.9 Å². The first-order chi connectivity index (χ1) is 12.1. The van der Waals surface area contributed by atoms with Gasteiger partial charge in [0, 0.05) is 24.1 Å². The van der Waals surface area contributed by atoms with Gasteiger partial charge in [0.15, 0.2) is 11.6 Å². The van der Waals surface area contributed by atoms with Crippen LogP contribution in [-0.4, -0.2) is 22.4 Å². The van der Waals surface area contributed by atoms with Gasteiger partial charge in [0.2, 0.25) is 0 Å². The molecule has 1 atom stereocenters. The lowest BCUT2D eigenvalue weighted by atomic mass is 10.2. The van der Waals surface area contributed by atoms with E-state index >= 15 is 0 Å². The Morgan fingerprint density at radius 3 is 2.76 bits per heavy atom. The van der Waals surface area contributed by atoms with Crippen molar-refractivity contribution >= 4 is 5.69 Å². The van der Waals surface area contributed by atoms with E-state index in [-0.39, 0.29) is 6.04 Å². The minimum absolute atomic E-state index is 0.00642. The minimum Gasteiger partial charge on any atom is -0.491 e. The molecule has 2 aromatic carbocycles. The minimum atomic E-state index is -0.913. The van der Waals surface area contributed by atoms with E-state index in [9.17, 15) is 8.78 Å². The van der Waals surface area contributed by atoms with Gasteiger partial charge in [0.05, 0.1) is 12.6 Å². The van der Waals surface area contributed by atoms with Gasteiger partial charge in [0.1, 0.15) is 12.4 Å². The number of hydrogen-bond acceptors (Lipinski definition) is 3. The van der Waals surface area contributed by atoms with Gasteiger partial charge >= 0.3 is 0 Å². The number of benzene rings is 2. The number of halogens is 2. The Hall–Kier alpha value is -2.89. The number of rotatable bonds is 7. The molecular formula is C19H19F2N3O. The molecule has 0 fully saturated rings. The lowest BCUT2D eigenvalue weighted by Gasteiger charge is -2.17. The summed E-state index contributed by atoms with van der Waals surface area (Å²) < 4.78 is 33.4. The van der Waals surface area contributed by atoms with Crippen molar-refractivity contribution in [1.29, 1.82) is 0 Å². The van der Waals surface area contributed by atoms with Gasteiger partial charge in [0.25, 0.3) is 0 Å². The molecule has 0 spiro atoms. The molecule has 0 amide bonds. The predicted molar refractivity (Wildman–Crippen MR) is 92.7 cm³/mol. The fraction of sp³-hybridized carbons (Fsp3) is 0.211. The van der Waals surface area contributed by atoms with E-state index in [1.807, 2.05) is 42.1 Å². The molecule has 0 unspecified atom stereocenters. The normalized spacial score (nSPS) is 12.0. The maximum Gasteiger partial charge on any atom is 0.162 e. The molecule has 1 N–H and O–H groups in total. The molecule has 1 aromatic heterocycles. The predicted octanol–water partition coefficient (Wildman–Crippen LogP) is 4.09. The van der Waals surface area contributed by atoms with Crippen LogP contribution in [0.3, 0.4) is 0 Å². The van der Waals surface area contributed by atoms with Crippen molar-refractivity contribution in [1.82, 2.24) is 9.78 Å². The fourth-order valence-electron chi connectivity index (χ4n) is 2.45. The molecule has 0 saturated heterocycles. The van der Waals surface area contributed by atoms with Gasteiger partial charge in [-0.2, -0.15) is 5.10 Å².